The zero-order chi connectivity index (χ0) is 39.7. The molecule has 0 fully saturated rings. The van der Waals surface area contributed by atoms with Gasteiger partial charge in [0.25, 0.3) is 0 Å². The molecule has 0 amide bonds. The van der Waals surface area contributed by atoms with E-state index in [1.54, 1.807) is 0 Å². The molecular weight excluding hydrogens is 745 g/mol. The topological polar surface area (TPSA) is 9.86 Å². The third-order valence-electron chi connectivity index (χ3n) is 13.3. The van der Waals surface area contributed by atoms with Crippen LogP contribution < -0.4 is 0 Å². The van der Waals surface area contributed by atoms with Crippen LogP contribution >= 0.6 is 11.3 Å². The number of aromatic nitrogens is 2. The summed E-state index contributed by atoms with van der Waals surface area (Å²) in [5.41, 5.74) is 17.5. The van der Waals surface area contributed by atoms with E-state index in [9.17, 15) is 0 Å². The number of rotatable bonds is 4. The van der Waals surface area contributed by atoms with Crippen LogP contribution in [0.15, 0.2) is 194 Å². The van der Waals surface area contributed by atoms with Gasteiger partial charge in [0.2, 0.25) is 0 Å². The van der Waals surface area contributed by atoms with E-state index in [4.69, 9.17) is 0 Å². The van der Waals surface area contributed by atoms with Gasteiger partial charge in [0.05, 0.1) is 27.8 Å². The first kappa shape index (κ1) is 33.7. The molecule has 0 unspecified atom stereocenters. The van der Waals surface area contributed by atoms with E-state index in [1.165, 1.54) is 120 Å². The average molecular weight is 783 g/mol. The third-order valence-corrected chi connectivity index (χ3v) is 14.5. The molecule has 1 aliphatic carbocycles. The van der Waals surface area contributed by atoms with Crippen LogP contribution in [0.2, 0.25) is 0 Å². The fraction of sp³-hybridized carbons (Fsp3) is 0.0526. The van der Waals surface area contributed by atoms with Crippen molar-refractivity contribution < 1.29 is 0 Å². The van der Waals surface area contributed by atoms with Crippen molar-refractivity contribution in [3.8, 4) is 44.8 Å². The molecule has 282 valence electrons. The Balaban J connectivity index is 0.954. The van der Waals surface area contributed by atoms with E-state index in [1.807, 2.05) is 11.3 Å². The minimum absolute atomic E-state index is 0.0641. The molecule has 0 radical (unpaired) electrons. The molecule has 0 N–H and O–H groups in total. The molecule has 9 aromatic carbocycles. The van der Waals surface area contributed by atoms with Crippen molar-refractivity contribution >= 4 is 75.1 Å². The highest BCUT2D eigenvalue weighted by Crippen LogP contribution is 2.50. The maximum absolute atomic E-state index is 2.47. The molecule has 0 atom stereocenters. The Labute approximate surface area is 351 Å². The Kier molecular flexibility index (Phi) is 6.98. The molecule has 13 rings (SSSR count). The number of fused-ring (bicyclic) bond motifs is 12. The number of hydrogen-bond donors (Lipinski definition) is 0. The molecule has 2 nitrogen and oxygen atoms in total. The lowest BCUT2D eigenvalue weighted by Crippen LogP contribution is -2.15. The van der Waals surface area contributed by atoms with Crippen LogP contribution in [0.25, 0.3) is 109 Å². The largest absolute Gasteiger partial charge is 0.309 e. The van der Waals surface area contributed by atoms with Crippen LogP contribution in [-0.4, -0.2) is 9.13 Å². The number of para-hydroxylation sites is 3. The summed E-state index contributed by atoms with van der Waals surface area (Å²) in [6.07, 6.45) is 0. The van der Waals surface area contributed by atoms with Gasteiger partial charge in [-0.05, 0) is 112 Å². The average Bonchev–Trinajstić information content (AvgIpc) is 4.01. The van der Waals surface area contributed by atoms with Crippen molar-refractivity contribution in [2.24, 2.45) is 0 Å². The van der Waals surface area contributed by atoms with Gasteiger partial charge in [0.15, 0.2) is 0 Å². The SMILES string of the molecule is CC1(C)c2ccccc2-c2ccc(-n3c4ccccc4c4cc(-c5ccc6c(c5)c5ccccc5n6-c5ccccc5-c5ccc6sc7ccccc7c6c5)ccc43)cc21. The summed E-state index contributed by atoms with van der Waals surface area (Å²) >= 11 is 1.87. The number of benzene rings is 9. The molecule has 60 heavy (non-hydrogen) atoms. The van der Waals surface area contributed by atoms with Crippen LogP contribution in [0.1, 0.15) is 25.0 Å². The fourth-order valence-corrected chi connectivity index (χ4v) is 11.6. The van der Waals surface area contributed by atoms with Gasteiger partial charge in [0.1, 0.15) is 0 Å². The summed E-state index contributed by atoms with van der Waals surface area (Å²) < 4.78 is 7.58. The first-order valence-corrected chi connectivity index (χ1v) is 21.7. The van der Waals surface area contributed by atoms with Crippen LogP contribution in [0.5, 0.6) is 0 Å². The molecule has 0 saturated heterocycles. The Bertz CT molecular complexity index is 3760. The van der Waals surface area contributed by atoms with Gasteiger partial charge in [-0.25, -0.2) is 0 Å². The maximum Gasteiger partial charge on any atom is 0.0541 e. The zero-order valence-electron chi connectivity index (χ0n) is 33.3. The van der Waals surface area contributed by atoms with E-state index < -0.39 is 0 Å². The monoisotopic (exact) mass is 782 g/mol. The van der Waals surface area contributed by atoms with Crippen LogP contribution in [0, 0.1) is 0 Å². The minimum Gasteiger partial charge on any atom is -0.309 e. The smallest absolute Gasteiger partial charge is 0.0541 e. The predicted octanol–water partition coefficient (Wildman–Crippen LogP) is 15.9. The van der Waals surface area contributed by atoms with Gasteiger partial charge in [-0.15, -0.1) is 11.3 Å². The second-order valence-corrected chi connectivity index (χ2v) is 18.0. The van der Waals surface area contributed by atoms with Crippen LogP contribution in [0.3, 0.4) is 0 Å². The molecule has 0 spiro atoms. The second kappa shape index (κ2) is 12.4. The van der Waals surface area contributed by atoms with E-state index in [0.29, 0.717) is 0 Å². The van der Waals surface area contributed by atoms with Gasteiger partial charge in [-0.1, -0.05) is 135 Å². The highest BCUT2D eigenvalue weighted by Gasteiger charge is 2.35. The summed E-state index contributed by atoms with van der Waals surface area (Å²) in [4.78, 5) is 0. The predicted molar refractivity (Wildman–Crippen MR) is 256 cm³/mol. The molecule has 0 bridgehead atoms. The summed E-state index contributed by atoms with van der Waals surface area (Å²) in [5.74, 6) is 0. The Morgan fingerprint density at radius 2 is 0.883 bits per heavy atom. The summed E-state index contributed by atoms with van der Waals surface area (Å²) in [6.45, 7) is 4.72. The quantitative estimate of drug-likeness (QED) is 0.168. The van der Waals surface area contributed by atoms with Crippen LogP contribution in [0.4, 0.5) is 0 Å². The van der Waals surface area contributed by atoms with Gasteiger partial charge in [-0.2, -0.15) is 0 Å². The first-order chi connectivity index (χ1) is 29.5. The number of thiophene rings is 1. The fourth-order valence-electron chi connectivity index (χ4n) is 10.5. The van der Waals surface area contributed by atoms with Crippen molar-refractivity contribution in [1.82, 2.24) is 9.13 Å². The summed E-state index contributed by atoms with van der Waals surface area (Å²) in [5, 5.41) is 7.67. The van der Waals surface area contributed by atoms with Crippen molar-refractivity contribution in [1.29, 1.82) is 0 Å². The zero-order valence-corrected chi connectivity index (χ0v) is 34.1. The van der Waals surface area contributed by atoms with Crippen molar-refractivity contribution in [2.75, 3.05) is 0 Å². The molecule has 12 aromatic rings. The molecule has 0 saturated carbocycles. The van der Waals surface area contributed by atoms with Crippen molar-refractivity contribution in [3.05, 3.63) is 205 Å². The molecule has 3 aromatic heterocycles. The van der Waals surface area contributed by atoms with E-state index >= 15 is 0 Å². The molecule has 0 aliphatic heterocycles. The number of hydrogen-bond acceptors (Lipinski definition) is 1. The van der Waals surface area contributed by atoms with E-state index in [0.717, 1.165) is 0 Å². The number of nitrogens with zero attached hydrogens (tertiary/aromatic N) is 2. The van der Waals surface area contributed by atoms with Gasteiger partial charge < -0.3 is 9.13 Å². The Morgan fingerprint density at radius 1 is 0.350 bits per heavy atom. The van der Waals surface area contributed by atoms with Crippen molar-refractivity contribution in [3.63, 3.8) is 0 Å². The third kappa shape index (κ3) is 4.70. The Morgan fingerprint density at radius 3 is 1.65 bits per heavy atom. The highest BCUT2D eigenvalue weighted by atomic mass is 32.1. The van der Waals surface area contributed by atoms with Gasteiger partial charge in [-0.3, -0.25) is 0 Å². The minimum atomic E-state index is -0.0641. The molecule has 1 aliphatic rings. The lowest BCUT2D eigenvalue weighted by molar-refractivity contribution is 0.660. The van der Waals surface area contributed by atoms with E-state index in [2.05, 4.69) is 217 Å². The van der Waals surface area contributed by atoms with Crippen molar-refractivity contribution in [2.45, 2.75) is 19.3 Å². The van der Waals surface area contributed by atoms with Crippen LogP contribution in [-0.2, 0) is 5.41 Å². The standard InChI is InChI=1S/C57H38N2S/c1-57(2)48-18-8-3-14-40(48)41-27-26-38(34-49(41)57)58-51-20-10-5-15-42(51)45-31-35(23-28-53(45)58)36-24-29-54-46(32-36)43-16-6-11-21-52(43)59(54)50-19-9-4-13-39(50)37-25-30-56-47(33-37)44-17-7-12-22-55(44)60-56/h3-34H,1-2H3. The molecule has 3 heteroatoms. The Hall–Kier alpha value is -7.20. The summed E-state index contributed by atoms with van der Waals surface area (Å²) in [7, 11) is 0. The normalized spacial score (nSPS) is 13.3. The first-order valence-electron chi connectivity index (χ1n) is 20.8. The highest BCUT2D eigenvalue weighted by molar-refractivity contribution is 7.25. The second-order valence-electron chi connectivity index (χ2n) is 16.9. The lowest BCUT2D eigenvalue weighted by Gasteiger charge is -2.22. The molecular formula is C57H38N2S. The maximum atomic E-state index is 2.47. The van der Waals surface area contributed by atoms with Gasteiger partial charge >= 0.3 is 0 Å². The van der Waals surface area contributed by atoms with Gasteiger partial charge in [0, 0.05) is 58.4 Å². The summed E-state index contributed by atoms with van der Waals surface area (Å²) in [6, 6.07) is 72.4. The lowest BCUT2D eigenvalue weighted by atomic mass is 9.82. The van der Waals surface area contributed by atoms with E-state index in [-0.39, 0.29) is 5.41 Å². The molecule has 3 heterocycles.